The zero-order chi connectivity index (χ0) is 28.0. The molecular formula is C28H28BrIN5O5-. The van der Waals surface area contributed by atoms with Gasteiger partial charge < -0.3 is 4.74 Å². The zero-order valence-electron chi connectivity index (χ0n) is 22.2. The van der Waals surface area contributed by atoms with Gasteiger partial charge in [-0.2, -0.15) is 0 Å². The number of amides is 2. The molecule has 0 radical (unpaired) electrons. The number of alkyl halides is 2. The normalized spacial score (nSPS) is 25.6. The Balaban J connectivity index is 1.18. The average Bonchev–Trinajstić information content (AvgIpc) is 3.27. The number of fused-ring (bicyclic) bond motifs is 3. The average molecular weight is 721 g/mol. The maximum absolute atomic E-state index is 13.9. The molecule has 3 aromatic rings. The van der Waals surface area contributed by atoms with E-state index in [1.165, 1.54) is 6.92 Å². The van der Waals surface area contributed by atoms with Gasteiger partial charge in [-0.1, -0.05) is 0 Å². The first kappa shape index (κ1) is 26.2. The number of pyridine rings is 1. The number of anilines is 2. The molecule has 0 bridgehead atoms. The monoisotopic (exact) mass is 720 g/mol. The van der Waals surface area contributed by atoms with Gasteiger partial charge in [0.05, 0.1) is 0 Å². The Morgan fingerprint density at radius 3 is 2.77 bits per heavy atom. The molecule has 10 nitrogen and oxygen atoms in total. The second kappa shape index (κ2) is 9.15. The van der Waals surface area contributed by atoms with Crippen molar-refractivity contribution in [3.05, 3.63) is 46.2 Å². The van der Waals surface area contributed by atoms with E-state index in [0.717, 1.165) is 22.2 Å². The third kappa shape index (κ3) is 4.21. The number of likely N-dealkylation sites (tertiary alicyclic amines) is 1. The number of rotatable bonds is 5. The van der Waals surface area contributed by atoms with Gasteiger partial charge in [-0.05, 0) is 0 Å². The van der Waals surface area contributed by atoms with Gasteiger partial charge in [-0.3, -0.25) is 0 Å². The number of carbonyl (C=O) groups is 3. The third-order valence-electron chi connectivity index (χ3n) is 8.20. The fraction of sp³-hybridized carbons (Fsp3) is 0.429. The van der Waals surface area contributed by atoms with Gasteiger partial charge in [-0.25, -0.2) is 0 Å². The molecule has 0 saturated carbocycles. The first-order valence-electron chi connectivity index (χ1n) is 13.1. The van der Waals surface area contributed by atoms with Crippen LogP contribution in [0.3, 0.4) is 0 Å². The van der Waals surface area contributed by atoms with Crippen LogP contribution >= 0.6 is 15.9 Å². The fourth-order valence-electron chi connectivity index (χ4n) is 5.89. The summed E-state index contributed by atoms with van der Waals surface area (Å²) in [6, 6.07) is 6.98. The maximum atomic E-state index is 13.9. The Morgan fingerprint density at radius 2 is 2.05 bits per heavy atom. The molecule has 2 aromatic heterocycles. The number of nitrogens with zero attached hydrogens (tertiary/aromatic N) is 3. The molecule has 4 aliphatic heterocycles. The first-order valence-corrected chi connectivity index (χ1v) is 16.2. The summed E-state index contributed by atoms with van der Waals surface area (Å²) >= 11 is 3.15. The van der Waals surface area contributed by atoms with E-state index in [9.17, 15) is 14.4 Å². The predicted molar refractivity (Wildman–Crippen MR) is 147 cm³/mol. The summed E-state index contributed by atoms with van der Waals surface area (Å²) in [5.74, 6) is 0.750. The van der Waals surface area contributed by atoms with Crippen molar-refractivity contribution < 1.29 is 45.1 Å². The van der Waals surface area contributed by atoms with Crippen molar-refractivity contribution in [1.82, 2.24) is 14.5 Å². The number of aryl methyl sites for hydroxylation is 1. The quantitative estimate of drug-likeness (QED) is 0.128. The number of ketones is 1. The summed E-state index contributed by atoms with van der Waals surface area (Å²) in [5, 5.41) is 7.25. The topological polar surface area (TPSA) is 115 Å². The molecular weight excluding hydrogens is 693 g/mol. The molecule has 3 saturated heterocycles. The molecule has 0 aliphatic carbocycles. The Kier molecular flexibility index (Phi) is 5.99. The molecule has 2 N–H and O–H groups in total. The number of benzene rings is 1. The van der Waals surface area contributed by atoms with E-state index < -0.39 is 6.04 Å². The van der Waals surface area contributed by atoms with Crippen LogP contribution in [0.5, 0.6) is 5.75 Å². The second-order valence-electron chi connectivity index (χ2n) is 11.3. The molecule has 3 fully saturated rings. The number of nitrogens with one attached hydrogen (secondary N) is 2. The van der Waals surface area contributed by atoms with E-state index in [2.05, 4.69) is 38.5 Å². The van der Waals surface area contributed by atoms with Crippen LogP contribution in [-0.2, 0) is 20.9 Å². The van der Waals surface area contributed by atoms with Gasteiger partial charge in [0.1, 0.15) is 0 Å². The van der Waals surface area contributed by atoms with Crippen LogP contribution in [0.2, 0.25) is 0 Å². The number of hydrogen-bond donors (Lipinski definition) is 2. The predicted octanol–water partition coefficient (Wildman–Crippen LogP) is 0.310. The van der Waals surface area contributed by atoms with Crippen molar-refractivity contribution >= 4 is 55.9 Å². The van der Waals surface area contributed by atoms with Gasteiger partial charge in [0, 0.05) is 0 Å². The van der Waals surface area contributed by atoms with Crippen LogP contribution in [0, 0.1) is 6.92 Å². The minimum absolute atomic E-state index is 0.0298. The van der Waals surface area contributed by atoms with Gasteiger partial charge in [0.15, 0.2) is 0 Å². The molecule has 6 heterocycles. The fourth-order valence-corrected chi connectivity index (χ4v) is 9.59. The van der Waals surface area contributed by atoms with Crippen LogP contribution < -0.4 is 36.6 Å². The van der Waals surface area contributed by atoms with E-state index in [0.29, 0.717) is 48.0 Å². The summed E-state index contributed by atoms with van der Waals surface area (Å²) in [7, 11) is 0. The molecule has 210 valence electrons. The van der Waals surface area contributed by atoms with Crippen molar-refractivity contribution in [1.29, 1.82) is 0 Å². The summed E-state index contributed by atoms with van der Waals surface area (Å²) < 4.78 is 14.1. The van der Waals surface area contributed by atoms with Gasteiger partial charge in [0.25, 0.3) is 0 Å². The van der Waals surface area contributed by atoms with E-state index in [-0.39, 0.29) is 58.4 Å². The third-order valence-corrected chi connectivity index (χ3v) is 13.0. The molecule has 0 unspecified atom stereocenters. The van der Waals surface area contributed by atoms with Crippen molar-refractivity contribution in [3.63, 3.8) is 0 Å². The van der Waals surface area contributed by atoms with E-state index >= 15 is 0 Å². The van der Waals surface area contributed by atoms with E-state index in [1.807, 2.05) is 35.8 Å². The number of hydrogen-bond acceptors (Lipinski definition) is 7. The molecule has 2 amide bonds. The number of ether oxygens (including phenoxy) is 2. The Bertz CT molecular complexity index is 1620. The van der Waals surface area contributed by atoms with Crippen molar-refractivity contribution in [2.75, 3.05) is 30.5 Å². The number of Topliss-reactive ketones (excluding diaryl/α,β-unsaturated/α-hetero) is 1. The molecule has 40 heavy (non-hydrogen) atoms. The zero-order valence-corrected chi connectivity index (χ0v) is 26.0. The van der Waals surface area contributed by atoms with Crippen molar-refractivity contribution in [2.24, 2.45) is 0 Å². The van der Waals surface area contributed by atoms with Gasteiger partial charge in [-0.15, -0.1) is 0 Å². The Hall–Kier alpha value is -2.71. The van der Waals surface area contributed by atoms with Gasteiger partial charge in [0.2, 0.25) is 0 Å². The molecule has 7 rings (SSSR count). The van der Waals surface area contributed by atoms with E-state index in [4.69, 9.17) is 9.47 Å². The molecule has 1 aromatic carbocycles. The van der Waals surface area contributed by atoms with Crippen LogP contribution in [0.4, 0.5) is 11.5 Å². The van der Waals surface area contributed by atoms with Crippen LogP contribution in [-0.4, -0.2) is 70.9 Å². The molecule has 3 atom stereocenters. The van der Waals surface area contributed by atoms with Gasteiger partial charge >= 0.3 is 246 Å². The van der Waals surface area contributed by atoms with Crippen LogP contribution in [0.25, 0.3) is 10.9 Å². The molecule has 4 aliphatic rings. The summed E-state index contributed by atoms with van der Waals surface area (Å²) in [5.41, 5.74) is 2.74. The van der Waals surface area contributed by atoms with Crippen molar-refractivity contribution in [3.8, 4) is 5.75 Å². The first-order chi connectivity index (χ1) is 19.1. The van der Waals surface area contributed by atoms with E-state index in [1.54, 1.807) is 11.1 Å². The standard InChI is InChI=1S/C28H28BrIN5O5/c1-14-4-5-22(29)31-24(14)32-25(38)20-8-27(3)26(30-27)35(20)23(37)10-34-9-17(15(2)36)16-6-18-21(7-19(16)34)40-13-28(33-18)11-39-12-28/h4-7,9,20,26,33H,8,10-13H2,1-3H3,(H,31,32,38)/q-1/t20-,26-,27+/m0/s1. The van der Waals surface area contributed by atoms with Crippen molar-refractivity contribution in [2.45, 2.75) is 52.8 Å². The Morgan fingerprint density at radius 1 is 1.25 bits per heavy atom. The Labute approximate surface area is 249 Å². The van der Waals surface area contributed by atoms with Crippen LogP contribution in [0.1, 0.15) is 36.2 Å². The molecule has 1 spiro atoms. The summed E-state index contributed by atoms with van der Waals surface area (Å²) in [4.78, 5) is 46.2. The summed E-state index contributed by atoms with van der Waals surface area (Å²) in [6.45, 7) is 7.26. The number of halogens is 2. The second-order valence-corrected chi connectivity index (χ2v) is 16.4. The van der Waals surface area contributed by atoms with Crippen LogP contribution in [0.15, 0.2) is 35.1 Å². The minimum atomic E-state index is -0.564. The SMILES string of the molecule is CC(=O)c1cn(CC(=O)N2[C@H](C(=O)Nc3nc(Br)ccc3C)C[C@@]3(C)[I-][C@@H]23)c2cc3c(cc12)NC1(COC1)CO3. The number of carbonyl (C=O) groups excluding carboxylic acids is 3. The summed E-state index contributed by atoms with van der Waals surface area (Å²) in [6.07, 6.45) is 2.40. The number of aromatic nitrogens is 2. The molecule has 12 heteroatoms.